The van der Waals surface area contributed by atoms with Crippen LogP contribution < -0.4 is 20.9 Å². The number of anilines is 2. The zero-order valence-corrected chi connectivity index (χ0v) is 19.0. The molecule has 4 saturated carbocycles. The van der Waals surface area contributed by atoms with Gasteiger partial charge in [0.05, 0.1) is 17.3 Å². The number of amides is 3. The van der Waals surface area contributed by atoms with Gasteiger partial charge in [-0.15, -0.1) is 0 Å². The maximum absolute atomic E-state index is 13.0. The van der Waals surface area contributed by atoms with Gasteiger partial charge < -0.3 is 20.9 Å². The van der Waals surface area contributed by atoms with Crippen LogP contribution in [0.4, 0.5) is 11.4 Å². The van der Waals surface area contributed by atoms with Crippen molar-refractivity contribution in [1.82, 2.24) is 10.6 Å². The Balaban J connectivity index is 1.11. The molecule has 4 aliphatic carbocycles. The van der Waals surface area contributed by atoms with Gasteiger partial charge in [-0.1, -0.05) is 11.6 Å². The summed E-state index contributed by atoms with van der Waals surface area (Å²) in [7, 11) is 0. The predicted octanol–water partition coefficient (Wildman–Crippen LogP) is 2.94. The molecule has 1 heterocycles. The topological polar surface area (TPSA) is 90.5 Å². The molecule has 1 saturated heterocycles. The Morgan fingerprint density at radius 3 is 2.44 bits per heavy atom. The highest BCUT2D eigenvalue weighted by atomic mass is 35.5. The van der Waals surface area contributed by atoms with Gasteiger partial charge in [-0.05, 0) is 74.5 Å². The van der Waals surface area contributed by atoms with Crippen molar-refractivity contribution in [1.29, 1.82) is 0 Å². The molecule has 3 N–H and O–H groups in total. The molecule has 1 aliphatic heterocycles. The Morgan fingerprint density at radius 2 is 1.81 bits per heavy atom. The summed E-state index contributed by atoms with van der Waals surface area (Å²) >= 11 is 6.41. The van der Waals surface area contributed by atoms with Gasteiger partial charge in [-0.2, -0.15) is 0 Å². The maximum atomic E-state index is 13.0. The summed E-state index contributed by atoms with van der Waals surface area (Å²) < 4.78 is 0. The molecule has 7 nitrogen and oxygen atoms in total. The van der Waals surface area contributed by atoms with E-state index in [1.54, 1.807) is 12.1 Å². The molecule has 0 aromatic heterocycles. The lowest BCUT2D eigenvalue weighted by Crippen LogP contribution is -2.53. The minimum atomic E-state index is -0.181. The van der Waals surface area contributed by atoms with Crippen LogP contribution in [-0.4, -0.2) is 43.9 Å². The molecular weight excluding hydrogens is 428 g/mol. The number of nitrogens with one attached hydrogen (secondary N) is 3. The van der Waals surface area contributed by atoms with Crippen molar-refractivity contribution in [3.8, 4) is 0 Å². The standard InChI is InChI=1S/C24H31ClN4O3/c25-19-10-18(1-2-20(19)29-6-5-26-22(31)14-29)28-21(30)3-4-27-23(32)24-11-15-7-16(12-24)9-17(8-15)13-24/h1-2,10,15-17H,3-9,11-14H2,(H,26,31)(H,27,32)(H,28,30). The average molecular weight is 459 g/mol. The number of piperazine rings is 1. The van der Waals surface area contributed by atoms with E-state index in [4.69, 9.17) is 11.6 Å². The van der Waals surface area contributed by atoms with Gasteiger partial charge in [-0.3, -0.25) is 14.4 Å². The molecule has 8 heteroatoms. The van der Waals surface area contributed by atoms with Gasteiger partial charge in [0.15, 0.2) is 0 Å². The van der Waals surface area contributed by atoms with Crippen LogP contribution in [0.5, 0.6) is 0 Å². The fourth-order valence-electron chi connectivity index (χ4n) is 6.77. The molecular formula is C24H31ClN4O3. The van der Waals surface area contributed by atoms with Crippen LogP contribution in [0, 0.1) is 23.2 Å². The van der Waals surface area contributed by atoms with E-state index in [0.717, 1.165) is 42.7 Å². The van der Waals surface area contributed by atoms with E-state index >= 15 is 0 Å². The van der Waals surface area contributed by atoms with Crippen molar-refractivity contribution in [3.05, 3.63) is 23.2 Å². The predicted molar refractivity (Wildman–Crippen MR) is 124 cm³/mol. The first-order chi connectivity index (χ1) is 15.4. The number of halogens is 1. The summed E-state index contributed by atoms with van der Waals surface area (Å²) in [6.45, 7) is 1.90. The molecule has 32 heavy (non-hydrogen) atoms. The smallest absolute Gasteiger partial charge is 0.239 e. The van der Waals surface area contributed by atoms with E-state index < -0.39 is 0 Å². The third-order valence-electron chi connectivity index (χ3n) is 7.77. The Kier molecular flexibility index (Phi) is 5.78. The first-order valence-corrected chi connectivity index (χ1v) is 12.2. The van der Waals surface area contributed by atoms with Crippen molar-refractivity contribution in [3.63, 3.8) is 0 Å². The molecule has 3 amide bonds. The molecule has 1 aromatic carbocycles. The molecule has 0 atom stereocenters. The third-order valence-corrected chi connectivity index (χ3v) is 8.07. The lowest BCUT2D eigenvalue weighted by molar-refractivity contribution is -0.146. The van der Waals surface area contributed by atoms with E-state index in [-0.39, 0.29) is 36.1 Å². The van der Waals surface area contributed by atoms with Crippen molar-refractivity contribution >= 4 is 40.7 Å². The van der Waals surface area contributed by atoms with Crippen LogP contribution in [0.2, 0.25) is 5.02 Å². The summed E-state index contributed by atoms with van der Waals surface area (Å²) in [6, 6.07) is 5.32. The van der Waals surface area contributed by atoms with Crippen LogP contribution in [0.15, 0.2) is 18.2 Å². The lowest BCUT2D eigenvalue weighted by atomic mass is 9.49. The largest absolute Gasteiger partial charge is 0.359 e. The van der Waals surface area contributed by atoms with E-state index in [1.165, 1.54) is 19.3 Å². The number of hydrogen-bond acceptors (Lipinski definition) is 4. The lowest BCUT2D eigenvalue weighted by Gasteiger charge is -2.55. The molecule has 5 aliphatic rings. The highest BCUT2D eigenvalue weighted by Gasteiger charge is 2.54. The van der Waals surface area contributed by atoms with Crippen LogP contribution in [-0.2, 0) is 14.4 Å². The van der Waals surface area contributed by atoms with Gasteiger partial charge in [0.1, 0.15) is 0 Å². The maximum Gasteiger partial charge on any atom is 0.239 e. The number of carbonyl (C=O) groups is 3. The number of rotatable bonds is 6. The second-order valence-corrected chi connectivity index (χ2v) is 10.6. The van der Waals surface area contributed by atoms with Crippen LogP contribution >= 0.6 is 11.6 Å². The van der Waals surface area contributed by atoms with Crippen molar-refractivity contribution in [2.75, 3.05) is 36.4 Å². The molecule has 172 valence electrons. The highest BCUT2D eigenvalue weighted by molar-refractivity contribution is 6.33. The molecule has 0 spiro atoms. The summed E-state index contributed by atoms with van der Waals surface area (Å²) in [4.78, 5) is 38.9. The Labute approximate surface area is 193 Å². The fraction of sp³-hybridized carbons (Fsp3) is 0.625. The van der Waals surface area contributed by atoms with E-state index in [0.29, 0.717) is 30.3 Å². The van der Waals surface area contributed by atoms with Crippen molar-refractivity contribution < 1.29 is 14.4 Å². The molecule has 1 aromatic rings. The number of benzene rings is 1. The van der Waals surface area contributed by atoms with E-state index in [9.17, 15) is 14.4 Å². The molecule has 5 fully saturated rings. The normalized spacial score (nSPS) is 30.7. The minimum Gasteiger partial charge on any atom is -0.359 e. The average Bonchev–Trinajstić information content (AvgIpc) is 2.73. The van der Waals surface area contributed by atoms with Crippen molar-refractivity contribution in [2.24, 2.45) is 23.2 Å². The van der Waals surface area contributed by atoms with Gasteiger partial charge in [0.2, 0.25) is 17.7 Å². The third kappa shape index (κ3) is 4.32. The monoisotopic (exact) mass is 458 g/mol. The zero-order chi connectivity index (χ0) is 22.3. The minimum absolute atomic E-state index is 0.0275. The van der Waals surface area contributed by atoms with E-state index in [1.807, 2.05) is 11.0 Å². The van der Waals surface area contributed by atoms with Crippen LogP contribution in [0.1, 0.15) is 44.9 Å². The number of nitrogens with zero attached hydrogens (tertiary/aromatic N) is 1. The molecule has 0 unspecified atom stereocenters. The van der Waals surface area contributed by atoms with Gasteiger partial charge in [0.25, 0.3) is 0 Å². The second kappa shape index (κ2) is 8.58. The first-order valence-electron chi connectivity index (χ1n) is 11.8. The Bertz CT molecular complexity index is 899. The SMILES string of the molecule is O=C1CN(c2ccc(NC(=O)CCNC(=O)C34CC5CC(CC(C5)C3)C4)cc2Cl)CCN1. The van der Waals surface area contributed by atoms with Crippen LogP contribution in [0.25, 0.3) is 0 Å². The molecule has 4 bridgehead atoms. The van der Waals surface area contributed by atoms with E-state index in [2.05, 4.69) is 16.0 Å². The van der Waals surface area contributed by atoms with Gasteiger partial charge >= 0.3 is 0 Å². The zero-order valence-electron chi connectivity index (χ0n) is 18.3. The Hall–Kier alpha value is -2.28. The highest BCUT2D eigenvalue weighted by Crippen LogP contribution is 2.60. The fourth-order valence-corrected chi connectivity index (χ4v) is 7.07. The first kappa shape index (κ1) is 21.6. The summed E-state index contributed by atoms with van der Waals surface area (Å²) in [5.41, 5.74) is 1.21. The van der Waals surface area contributed by atoms with Gasteiger partial charge in [0, 0.05) is 37.2 Å². The number of hydrogen-bond donors (Lipinski definition) is 3. The molecule has 0 radical (unpaired) electrons. The Morgan fingerprint density at radius 1 is 1.12 bits per heavy atom. The quantitative estimate of drug-likeness (QED) is 0.611. The van der Waals surface area contributed by atoms with Gasteiger partial charge in [-0.25, -0.2) is 0 Å². The summed E-state index contributed by atoms with van der Waals surface area (Å²) in [5.74, 6) is 2.15. The summed E-state index contributed by atoms with van der Waals surface area (Å²) in [6.07, 6.45) is 7.23. The second-order valence-electron chi connectivity index (χ2n) is 10.2. The summed E-state index contributed by atoms with van der Waals surface area (Å²) in [5, 5.41) is 9.20. The molecule has 6 rings (SSSR count). The number of carbonyl (C=O) groups excluding carboxylic acids is 3. The van der Waals surface area contributed by atoms with Crippen LogP contribution in [0.3, 0.4) is 0 Å². The van der Waals surface area contributed by atoms with Crippen molar-refractivity contribution in [2.45, 2.75) is 44.9 Å².